The molecule has 43 heavy (non-hydrogen) atoms. The van der Waals surface area contributed by atoms with Crippen molar-refractivity contribution in [3.8, 4) is 11.5 Å². The molecule has 3 heterocycles. The third-order valence-corrected chi connectivity index (χ3v) is 9.96. The number of hydrogen-bond acceptors (Lipinski definition) is 10. The second-order valence-electron chi connectivity index (χ2n) is 8.93. The minimum Gasteiger partial charge on any atom is -0.490 e. The Hall–Kier alpha value is -3.81. The van der Waals surface area contributed by atoms with Crippen LogP contribution in [0.4, 0.5) is 5.69 Å². The molecule has 1 aliphatic rings. The van der Waals surface area contributed by atoms with Gasteiger partial charge in [-0.3, -0.25) is 10.1 Å². The minimum atomic E-state index is -0.748. The molecule has 0 atom stereocenters. The van der Waals surface area contributed by atoms with Gasteiger partial charge in [0, 0.05) is 36.8 Å². The fraction of sp³-hybridized carbons (Fsp3) is 0.0690. The first-order valence-corrected chi connectivity index (χ1v) is 15.6. The summed E-state index contributed by atoms with van der Waals surface area (Å²) in [4.78, 5) is 41.4. The minimum absolute atomic E-state index is 0.0584. The smallest absolute Gasteiger partial charge is 0.363 e. The maximum atomic E-state index is 13.1. The summed E-state index contributed by atoms with van der Waals surface area (Å²) in [6, 6.07) is 14.6. The van der Waals surface area contributed by atoms with E-state index in [1.54, 1.807) is 19.1 Å². The number of thiophene rings is 2. The SMILES string of the molecule is CCOc1cc(/C=C2/N=C(c3sc4cc(Br)ccc4c3Cl)OC2=O)ccc1OC(=O)c1sc2cc([N+](=O)[O-])ccc2c1Cl. The summed E-state index contributed by atoms with van der Waals surface area (Å²) in [5.41, 5.74) is 0.484. The largest absolute Gasteiger partial charge is 0.490 e. The molecule has 0 radical (unpaired) electrons. The summed E-state index contributed by atoms with van der Waals surface area (Å²) in [5.74, 6) is -0.916. The van der Waals surface area contributed by atoms with Crippen molar-refractivity contribution in [2.45, 2.75) is 6.92 Å². The highest BCUT2D eigenvalue weighted by Gasteiger charge is 2.28. The number of hydrogen-bond donors (Lipinski definition) is 0. The molecule has 1 aliphatic heterocycles. The van der Waals surface area contributed by atoms with Crippen molar-refractivity contribution in [1.29, 1.82) is 0 Å². The van der Waals surface area contributed by atoms with E-state index in [1.807, 2.05) is 18.2 Å². The van der Waals surface area contributed by atoms with E-state index in [9.17, 15) is 19.7 Å². The fourth-order valence-electron chi connectivity index (χ4n) is 4.25. The number of non-ortho nitro benzene ring substituents is 1. The molecule has 6 rings (SSSR count). The van der Waals surface area contributed by atoms with Gasteiger partial charge in [0.2, 0.25) is 5.90 Å². The van der Waals surface area contributed by atoms with E-state index < -0.39 is 16.9 Å². The predicted molar refractivity (Wildman–Crippen MR) is 171 cm³/mol. The third-order valence-electron chi connectivity index (χ3n) is 6.19. The second-order valence-corrected chi connectivity index (χ2v) is 12.7. The van der Waals surface area contributed by atoms with Gasteiger partial charge in [0.15, 0.2) is 17.2 Å². The first-order valence-electron chi connectivity index (χ1n) is 12.4. The molecule has 0 unspecified atom stereocenters. The van der Waals surface area contributed by atoms with Crippen molar-refractivity contribution in [3.63, 3.8) is 0 Å². The number of carbonyl (C=O) groups excluding carboxylic acids is 2. The zero-order valence-corrected chi connectivity index (χ0v) is 26.4. The van der Waals surface area contributed by atoms with Crippen LogP contribution in [0.5, 0.6) is 11.5 Å². The number of nitro groups is 1. The van der Waals surface area contributed by atoms with E-state index in [2.05, 4.69) is 20.9 Å². The Bertz CT molecular complexity index is 2070. The number of rotatable bonds is 7. The lowest BCUT2D eigenvalue weighted by Crippen LogP contribution is -2.08. The van der Waals surface area contributed by atoms with Crippen molar-refractivity contribution in [2.24, 2.45) is 4.99 Å². The van der Waals surface area contributed by atoms with Crippen molar-refractivity contribution < 1.29 is 28.7 Å². The van der Waals surface area contributed by atoms with Gasteiger partial charge in [0.25, 0.3) is 5.69 Å². The molecule has 0 aliphatic carbocycles. The lowest BCUT2D eigenvalue weighted by atomic mass is 10.1. The summed E-state index contributed by atoms with van der Waals surface area (Å²) >= 11 is 18.8. The van der Waals surface area contributed by atoms with E-state index >= 15 is 0 Å². The van der Waals surface area contributed by atoms with E-state index in [-0.39, 0.29) is 45.3 Å². The first kappa shape index (κ1) is 29.3. The van der Waals surface area contributed by atoms with E-state index in [1.165, 1.54) is 41.7 Å². The Morgan fingerprint density at radius 2 is 1.79 bits per heavy atom. The molecule has 14 heteroatoms. The summed E-state index contributed by atoms with van der Waals surface area (Å²) in [6.07, 6.45) is 1.52. The highest BCUT2D eigenvalue weighted by molar-refractivity contribution is 9.10. The lowest BCUT2D eigenvalue weighted by Gasteiger charge is -2.11. The monoisotopic (exact) mass is 716 g/mol. The van der Waals surface area contributed by atoms with Gasteiger partial charge < -0.3 is 14.2 Å². The fourth-order valence-corrected chi connectivity index (χ4v) is 7.66. The number of cyclic esters (lactones) is 1. The van der Waals surface area contributed by atoms with Crippen LogP contribution in [-0.4, -0.2) is 29.4 Å². The highest BCUT2D eigenvalue weighted by atomic mass is 79.9. The van der Waals surface area contributed by atoms with Crippen LogP contribution in [0.25, 0.3) is 26.2 Å². The highest BCUT2D eigenvalue weighted by Crippen LogP contribution is 2.40. The normalized spacial score (nSPS) is 13.9. The van der Waals surface area contributed by atoms with Gasteiger partial charge in [-0.05, 0) is 48.9 Å². The molecule has 0 amide bonds. The van der Waals surface area contributed by atoms with Crippen molar-refractivity contribution in [1.82, 2.24) is 0 Å². The van der Waals surface area contributed by atoms with Crippen LogP contribution in [0.1, 0.15) is 27.0 Å². The second kappa shape index (κ2) is 11.7. The lowest BCUT2D eigenvalue weighted by molar-refractivity contribution is -0.384. The van der Waals surface area contributed by atoms with Gasteiger partial charge in [-0.2, -0.15) is 0 Å². The molecule has 0 fully saturated rings. The Balaban J connectivity index is 1.28. The van der Waals surface area contributed by atoms with E-state index in [4.69, 9.17) is 37.4 Å². The number of aliphatic imine (C=N–C) groups is 1. The molecule has 216 valence electrons. The number of carbonyl (C=O) groups is 2. The van der Waals surface area contributed by atoms with Crippen LogP contribution in [-0.2, 0) is 9.53 Å². The molecule has 0 N–H and O–H groups in total. The molecule has 0 bridgehead atoms. The van der Waals surface area contributed by atoms with Crippen LogP contribution < -0.4 is 9.47 Å². The van der Waals surface area contributed by atoms with Crippen LogP contribution in [0.2, 0.25) is 10.0 Å². The zero-order valence-electron chi connectivity index (χ0n) is 21.7. The van der Waals surface area contributed by atoms with Gasteiger partial charge in [-0.25, -0.2) is 14.6 Å². The number of nitrogens with zero attached hydrogens (tertiary/aromatic N) is 2. The van der Waals surface area contributed by atoms with Crippen molar-refractivity contribution >= 4 is 112 Å². The van der Waals surface area contributed by atoms with E-state index in [0.29, 0.717) is 25.5 Å². The van der Waals surface area contributed by atoms with Gasteiger partial charge in [-0.15, -0.1) is 22.7 Å². The third kappa shape index (κ3) is 5.64. The van der Waals surface area contributed by atoms with Gasteiger partial charge in [-0.1, -0.05) is 51.3 Å². The molecule has 9 nitrogen and oxygen atoms in total. The number of ether oxygens (including phenoxy) is 3. The van der Waals surface area contributed by atoms with Crippen molar-refractivity contribution in [3.05, 3.63) is 100 Å². The molecule has 0 saturated heterocycles. The first-order chi connectivity index (χ1) is 20.6. The summed E-state index contributed by atoms with van der Waals surface area (Å²) < 4.78 is 19.0. The number of esters is 2. The quantitative estimate of drug-likeness (QED) is 0.0542. The summed E-state index contributed by atoms with van der Waals surface area (Å²) in [7, 11) is 0. The molecule has 0 spiro atoms. The summed E-state index contributed by atoms with van der Waals surface area (Å²) in [6.45, 7) is 2.04. The average Bonchev–Trinajstić information content (AvgIpc) is 3.62. The standard InChI is InChI=1S/C29H15BrCl2N2O7S2/c1-2-39-20-10-13(9-18-28(35)41-27(33-18)25-23(31)16-6-4-14(30)11-21(16)42-25)3-8-19(20)40-29(36)26-24(32)17-7-5-15(34(37)38)12-22(17)43-26/h3-12H,2H2,1H3/b18-9+. The maximum Gasteiger partial charge on any atom is 0.363 e. The van der Waals surface area contributed by atoms with Crippen LogP contribution in [0, 0.1) is 10.1 Å². The van der Waals surface area contributed by atoms with Gasteiger partial charge in [0.05, 0.1) is 21.6 Å². The predicted octanol–water partition coefficient (Wildman–Crippen LogP) is 9.06. The van der Waals surface area contributed by atoms with Crippen LogP contribution in [0.15, 0.2) is 69.8 Å². The van der Waals surface area contributed by atoms with Gasteiger partial charge in [0.1, 0.15) is 9.75 Å². The summed E-state index contributed by atoms with van der Waals surface area (Å²) in [5, 5.41) is 13.0. The Morgan fingerprint density at radius 3 is 2.56 bits per heavy atom. The number of halogens is 3. The molecule has 0 saturated carbocycles. The Kier molecular flexibility index (Phi) is 7.96. The Labute approximate surface area is 269 Å². The zero-order chi connectivity index (χ0) is 30.4. The molecule has 5 aromatic rings. The number of benzene rings is 3. The molecular weight excluding hydrogens is 703 g/mol. The van der Waals surface area contributed by atoms with E-state index in [0.717, 1.165) is 25.9 Å². The number of nitro benzene ring substituents is 1. The average molecular weight is 718 g/mol. The van der Waals surface area contributed by atoms with Crippen LogP contribution >= 0.6 is 61.8 Å². The number of fused-ring (bicyclic) bond motifs is 2. The molecular formula is C29H15BrCl2N2O7S2. The van der Waals surface area contributed by atoms with Crippen molar-refractivity contribution in [2.75, 3.05) is 6.61 Å². The molecule has 3 aromatic carbocycles. The Morgan fingerprint density at radius 1 is 1.05 bits per heavy atom. The maximum absolute atomic E-state index is 13.1. The topological polar surface area (TPSA) is 117 Å². The van der Waals surface area contributed by atoms with Gasteiger partial charge >= 0.3 is 11.9 Å². The van der Waals surface area contributed by atoms with Crippen LogP contribution in [0.3, 0.4) is 0 Å². The molecule has 2 aromatic heterocycles.